The van der Waals surface area contributed by atoms with Crippen LogP contribution in [-0.4, -0.2) is 44.5 Å². The quantitative estimate of drug-likeness (QED) is 0.217. The number of rotatable bonds is 9. The van der Waals surface area contributed by atoms with Gasteiger partial charge < -0.3 is 19.1 Å². The van der Waals surface area contributed by atoms with Gasteiger partial charge in [-0.25, -0.2) is 4.79 Å². The third kappa shape index (κ3) is 5.61. The summed E-state index contributed by atoms with van der Waals surface area (Å²) in [6, 6.07) is 14.6. The summed E-state index contributed by atoms with van der Waals surface area (Å²) in [6.45, 7) is 2.25. The molecular weight excluding hydrogens is 358 g/mol. The molecule has 0 amide bonds. The van der Waals surface area contributed by atoms with Crippen molar-refractivity contribution in [2.45, 2.75) is 13.5 Å². The summed E-state index contributed by atoms with van der Waals surface area (Å²) in [4.78, 5) is 26.7. The minimum absolute atomic E-state index is 0.0492. The third-order valence-corrected chi connectivity index (χ3v) is 3.79. The van der Waals surface area contributed by atoms with E-state index in [2.05, 4.69) is 0 Å². The number of ether oxygens (including phenoxy) is 3. The lowest BCUT2D eigenvalue weighted by atomic mass is 10.0. The number of esters is 1. The second kappa shape index (κ2) is 10.2. The van der Waals surface area contributed by atoms with E-state index >= 15 is 0 Å². The lowest BCUT2D eigenvalue weighted by molar-refractivity contribution is -0.138. The van der Waals surface area contributed by atoms with Gasteiger partial charge in [-0.05, 0) is 30.7 Å². The predicted molar refractivity (Wildman–Crippen MR) is 107 cm³/mol. The summed E-state index contributed by atoms with van der Waals surface area (Å²) in [5, 5.41) is 0. The first-order valence-corrected chi connectivity index (χ1v) is 8.91. The van der Waals surface area contributed by atoms with Gasteiger partial charge in [0.05, 0.1) is 13.7 Å². The smallest absolute Gasteiger partial charge is 0.343 e. The van der Waals surface area contributed by atoms with Crippen LogP contribution in [0.3, 0.4) is 0 Å². The molecule has 0 saturated heterocycles. The lowest BCUT2D eigenvalue weighted by Gasteiger charge is -2.14. The van der Waals surface area contributed by atoms with E-state index in [9.17, 15) is 9.59 Å². The molecule has 0 aliphatic carbocycles. The van der Waals surface area contributed by atoms with Crippen molar-refractivity contribution in [3.8, 4) is 11.5 Å². The summed E-state index contributed by atoms with van der Waals surface area (Å²) >= 11 is 0. The van der Waals surface area contributed by atoms with Crippen molar-refractivity contribution in [3.63, 3.8) is 0 Å². The molecule has 0 saturated carbocycles. The minimum atomic E-state index is -0.662. The molecule has 0 aliphatic rings. The first-order chi connectivity index (χ1) is 13.5. The first kappa shape index (κ1) is 21.0. The van der Waals surface area contributed by atoms with Crippen molar-refractivity contribution in [1.82, 2.24) is 4.90 Å². The third-order valence-electron chi connectivity index (χ3n) is 3.79. The van der Waals surface area contributed by atoms with E-state index in [0.29, 0.717) is 23.7 Å². The van der Waals surface area contributed by atoms with Crippen molar-refractivity contribution in [1.29, 1.82) is 0 Å². The van der Waals surface area contributed by atoms with E-state index in [1.165, 1.54) is 13.3 Å². The van der Waals surface area contributed by atoms with Gasteiger partial charge in [-0.1, -0.05) is 30.3 Å². The summed E-state index contributed by atoms with van der Waals surface area (Å²) < 4.78 is 16.2. The van der Waals surface area contributed by atoms with E-state index in [-0.39, 0.29) is 12.2 Å². The number of nitrogens with zero attached hydrogens (tertiary/aromatic N) is 1. The van der Waals surface area contributed by atoms with Gasteiger partial charge in [-0.2, -0.15) is 0 Å². The second-order valence-corrected chi connectivity index (χ2v) is 6.20. The van der Waals surface area contributed by atoms with Crippen molar-refractivity contribution in [2.75, 3.05) is 27.8 Å². The maximum Gasteiger partial charge on any atom is 0.343 e. The Kier molecular flexibility index (Phi) is 7.63. The first-order valence-electron chi connectivity index (χ1n) is 8.91. The molecule has 0 aliphatic heterocycles. The number of benzene rings is 2. The fraction of sp³-hybridized carbons (Fsp3) is 0.273. The van der Waals surface area contributed by atoms with Crippen LogP contribution in [0, 0.1) is 0 Å². The summed E-state index contributed by atoms with van der Waals surface area (Å²) in [6.07, 6.45) is 1.45. The standard InChI is InChI=1S/C22H25NO5/c1-5-27-22(25)18(14-23(2)3)21(24)17-11-12-19(20(13-17)26-4)28-15-16-9-7-6-8-10-16/h6-14H,5,15H2,1-4H3/b18-14-. The lowest BCUT2D eigenvalue weighted by Crippen LogP contribution is -2.19. The van der Waals surface area contributed by atoms with Gasteiger partial charge in [0.2, 0.25) is 5.78 Å². The molecule has 2 rings (SSSR count). The second-order valence-electron chi connectivity index (χ2n) is 6.20. The van der Waals surface area contributed by atoms with E-state index in [4.69, 9.17) is 14.2 Å². The van der Waals surface area contributed by atoms with Gasteiger partial charge in [0.1, 0.15) is 12.2 Å². The Morgan fingerprint density at radius 1 is 1.04 bits per heavy atom. The highest BCUT2D eigenvalue weighted by Gasteiger charge is 2.23. The van der Waals surface area contributed by atoms with Gasteiger partial charge in [0, 0.05) is 25.9 Å². The summed E-state index contributed by atoms with van der Waals surface area (Å²) in [5.74, 6) is -0.184. The largest absolute Gasteiger partial charge is 0.493 e. The molecular formula is C22H25NO5. The predicted octanol–water partition coefficient (Wildman–Crippen LogP) is 3.47. The van der Waals surface area contributed by atoms with Crippen molar-refractivity contribution in [2.24, 2.45) is 0 Å². The van der Waals surface area contributed by atoms with Gasteiger partial charge in [0.25, 0.3) is 0 Å². The van der Waals surface area contributed by atoms with Crippen LogP contribution in [0.4, 0.5) is 0 Å². The Morgan fingerprint density at radius 3 is 2.36 bits per heavy atom. The zero-order chi connectivity index (χ0) is 20.5. The fourth-order valence-electron chi connectivity index (χ4n) is 2.49. The van der Waals surface area contributed by atoms with Crippen LogP contribution in [-0.2, 0) is 16.1 Å². The van der Waals surface area contributed by atoms with Gasteiger partial charge >= 0.3 is 5.97 Å². The molecule has 6 nitrogen and oxygen atoms in total. The number of hydrogen-bond donors (Lipinski definition) is 0. The van der Waals surface area contributed by atoms with Crippen molar-refractivity contribution >= 4 is 11.8 Å². The topological polar surface area (TPSA) is 65.1 Å². The van der Waals surface area contributed by atoms with E-state index in [0.717, 1.165) is 5.56 Å². The average Bonchev–Trinajstić information content (AvgIpc) is 2.70. The molecule has 0 aromatic heterocycles. The number of carbonyl (C=O) groups excluding carboxylic acids is 2. The monoisotopic (exact) mass is 383 g/mol. The Morgan fingerprint density at radius 2 is 1.75 bits per heavy atom. The summed E-state index contributed by atoms with van der Waals surface area (Å²) in [5.41, 5.74) is 1.28. The molecule has 0 unspecified atom stereocenters. The highest BCUT2D eigenvalue weighted by Crippen LogP contribution is 2.30. The van der Waals surface area contributed by atoms with Crippen LogP contribution in [0.15, 0.2) is 60.3 Å². The normalized spacial score (nSPS) is 10.9. The molecule has 0 N–H and O–H groups in total. The van der Waals surface area contributed by atoms with Gasteiger partial charge in [-0.3, -0.25) is 4.79 Å². The van der Waals surface area contributed by atoms with E-state index in [1.54, 1.807) is 44.1 Å². The number of hydrogen-bond acceptors (Lipinski definition) is 6. The molecule has 0 spiro atoms. The molecule has 0 radical (unpaired) electrons. The molecule has 6 heteroatoms. The van der Waals surface area contributed by atoms with Crippen LogP contribution in [0.1, 0.15) is 22.8 Å². The number of methoxy groups -OCH3 is 1. The number of Topliss-reactive ketones (excluding diaryl/α,β-unsaturated/α-hetero) is 1. The SMILES string of the molecule is CCOC(=O)/C(=C\N(C)C)C(=O)c1ccc(OCc2ccccc2)c(OC)c1. The molecule has 0 atom stereocenters. The highest BCUT2D eigenvalue weighted by atomic mass is 16.5. The highest BCUT2D eigenvalue weighted by molar-refractivity contribution is 6.24. The Labute approximate surface area is 165 Å². The molecule has 0 bridgehead atoms. The zero-order valence-electron chi connectivity index (χ0n) is 16.6. The van der Waals surface area contributed by atoms with Crippen molar-refractivity contribution in [3.05, 3.63) is 71.4 Å². The Hall–Kier alpha value is -3.28. The molecule has 2 aromatic carbocycles. The molecule has 28 heavy (non-hydrogen) atoms. The molecule has 0 heterocycles. The van der Waals surface area contributed by atoms with Crippen LogP contribution in [0.5, 0.6) is 11.5 Å². The van der Waals surface area contributed by atoms with Crippen LogP contribution in [0.2, 0.25) is 0 Å². The van der Waals surface area contributed by atoms with Crippen LogP contribution < -0.4 is 9.47 Å². The maximum atomic E-state index is 12.9. The zero-order valence-corrected chi connectivity index (χ0v) is 16.6. The van der Waals surface area contributed by atoms with E-state index in [1.807, 2.05) is 30.3 Å². The van der Waals surface area contributed by atoms with Crippen molar-refractivity contribution < 1.29 is 23.8 Å². The molecule has 148 valence electrons. The Bertz CT molecular complexity index is 843. The minimum Gasteiger partial charge on any atom is -0.493 e. The number of carbonyl (C=O) groups is 2. The molecule has 2 aromatic rings. The Balaban J connectivity index is 2.25. The van der Waals surface area contributed by atoms with E-state index < -0.39 is 11.8 Å². The van der Waals surface area contributed by atoms with Crippen LogP contribution in [0.25, 0.3) is 0 Å². The summed E-state index contributed by atoms with van der Waals surface area (Å²) in [7, 11) is 4.96. The maximum absolute atomic E-state index is 12.9. The van der Waals surface area contributed by atoms with Gasteiger partial charge in [0.15, 0.2) is 11.5 Å². The molecule has 0 fully saturated rings. The average molecular weight is 383 g/mol. The van der Waals surface area contributed by atoms with Gasteiger partial charge in [-0.15, -0.1) is 0 Å². The fourth-order valence-corrected chi connectivity index (χ4v) is 2.49. The number of ketones is 1. The van der Waals surface area contributed by atoms with Crippen LogP contribution >= 0.6 is 0 Å².